The third-order valence-corrected chi connectivity index (χ3v) is 8.58. The zero-order valence-corrected chi connectivity index (χ0v) is 21.5. The summed E-state index contributed by atoms with van der Waals surface area (Å²) in [6.07, 6.45) is 4.33. The lowest BCUT2D eigenvalue weighted by Crippen LogP contribution is -2.49. The Labute approximate surface area is 219 Å². The maximum Gasteiger partial charge on any atom is 0.254 e. The van der Waals surface area contributed by atoms with Gasteiger partial charge in [0.15, 0.2) is 0 Å². The van der Waals surface area contributed by atoms with E-state index in [9.17, 15) is 14.3 Å². The number of pyridine rings is 1. The average molecular weight is 516 g/mol. The van der Waals surface area contributed by atoms with Crippen LogP contribution in [0.2, 0.25) is 0 Å². The molecule has 9 heteroatoms. The summed E-state index contributed by atoms with van der Waals surface area (Å²) < 4.78 is 21.3. The monoisotopic (exact) mass is 515 g/mol. The molecule has 0 unspecified atom stereocenters. The number of nitrogens with zero attached hydrogens (tertiary/aromatic N) is 5. The number of phenols is 1. The Kier molecular flexibility index (Phi) is 5.33. The van der Waals surface area contributed by atoms with Crippen molar-refractivity contribution in [2.45, 2.75) is 51.2 Å². The highest BCUT2D eigenvalue weighted by Gasteiger charge is 2.46. The molecule has 0 saturated carbocycles. The molecule has 1 N–H and O–H groups in total. The van der Waals surface area contributed by atoms with E-state index in [1.807, 2.05) is 28.6 Å². The number of hydrogen-bond acceptors (Lipinski definition) is 6. The van der Waals surface area contributed by atoms with Crippen molar-refractivity contribution in [3.63, 3.8) is 0 Å². The number of ether oxygens (including phenoxy) is 1. The van der Waals surface area contributed by atoms with Crippen LogP contribution in [0.1, 0.15) is 46.9 Å². The molecular weight excluding hydrogens is 485 g/mol. The fourth-order valence-electron chi connectivity index (χ4n) is 6.58. The molecule has 196 valence electrons. The molecule has 3 aliphatic rings. The van der Waals surface area contributed by atoms with Crippen LogP contribution in [-0.4, -0.2) is 69.1 Å². The molecule has 2 aromatic heterocycles. The highest BCUT2D eigenvalue weighted by atomic mass is 19.1. The number of aromatic nitrogens is 3. The Morgan fingerprint density at radius 2 is 1.87 bits per heavy atom. The molecule has 8 nitrogen and oxygen atoms in total. The predicted octanol–water partition coefficient (Wildman–Crippen LogP) is 4.50. The van der Waals surface area contributed by atoms with E-state index in [0.717, 1.165) is 46.9 Å². The van der Waals surface area contributed by atoms with Gasteiger partial charge in [0.25, 0.3) is 5.91 Å². The summed E-state index contributed by atoms with van der Waals surface area (Å²) in [7, 11) is 0. The largest absolute Gasteiger partial charge is 0.507 e. The smallest absolute Gasteiger partial charge is 0.254 e. The lowest BCUT2D eigenvalue weighted by Gasteiger charge is -2.35. The third-order valence-electron chi connectivity index (χ3n) is 8.58. The quantitative estimate of drug-likeness (QED) is 0.433. The van der Waals surface area contributed by atoms with Crippen molar-refractivity contribution in [3.05, 3.63) is 59.2 Å². The molecule has 0 aliphatic carbocycles. The van der Waals surface area contributed by atoms with Gasteiger partial charge < -0.3 is 19.6 Å². The summed E-state index contributed by atoms with van der Waals surface area (Å²) in [5, 5.41) is 17.9. The normalized spacial score (nSPS) is 21.8. The van der Waals surface area contributed by atoms with Crippen molar-refractivity contribution < 1.29 is 19.0 Å². The SMILES string of the molecule is Cc1cc2cc(O)c3cnn(C4CCOCC4)c3c2cc1C(=O)N1C[C@@H]2C[C@H]1CN2c1ccc(F)c(C)n1. The van der Waals surface area contributed by atoms with Crippen molar-refractivity contribution in [2.75, 3.05) is 31.2 Å². The summed E-state index contributed by atoms with van der Waals surface area (Å²) in [6.45, 7) is 6.31. The Hall–Kier alpha value is -3.72. The molecule has 2 aromatic carbocycles. The zero-order chi connectivity index (χ0) is 26.1. The van der Waals surface area contributed by atoms with Gasteiger partial charge in [-0.25, -0.2) is 9.37 Å². The first kappa shape index (κ1) is 23.4. The molecule has 0 radical (unpaired) electrons. The summed E-state index contributed by atoms with van der Waals surface area (Å²) >= 11 is 0. The van der Waals surface area contributed by atoms with Crippen LogP contribution in [0.15, 0.2) is 36.5 Å². The Balaban J connectivity index is 1.23. The molecule has 3 fully saturated rings. The van der Waals surface area contributed by atoms with Crippen LogP contribution in [0.5, 0.6) is 5.75 Å². The lowest BCUT2D eigenvalue weighted by molar-refractivity contribution is 0.0675. The number of rotatable bonds is 3. The molecule has 2 bridgehead atoms. The minimum Gasteiger partial charge on any atom is -0.507 e. The van der Waals surface area contributed by atoms with Crippen molar-refractivity contribution in [1.29, 1.82) is 0 Å². The Bertz CT molecular complexity index is 1590. The number of fused-ring (bicyclic) bond motifs is 5. The van der Waals surface area contributed by atoms with Crippen molar-refractivity contribution in [2.24, 2.45) is 0 Å². The third kappa shape index (κ3) is 3.55. The number of carbonyl (C=O) groups excluding carboxylic acids is 1. The summed E-state index contributed by atoms with van der Waals surface area (Å²) in [4.78, 5) is 22.5. The highest BCUT2D eigenvalue weighted by molar-refractivity contribution is 6.11. The van der Waals surface area contributed by atoms with Crippen LogP contribution < -0.4 is 4.90 Å². The van der Waals surface area contributed by atoms with Gasteiger partial charge in [-0.3, -0.25) is 9.48 Å². The number of carbonyl (C=O) groups is 1. The van der Waals surface area contributed by atoms with Gasteiger partial charge >= 0.3 is 0 Å². The average Bonchev–Trinajstić information content (AvgIpc) is 3.65. The number of phenolic OH excluding ortho intramolecular Hbond substituents is 1. The number of halogens is 1. The van der Waals surface area contributed by atoms with Crippen LogP contribution in [0.4, 0.5) is 10.2 Å². The first-order chi connectivity index (χ1) is 18.4. The number of benzene rings is 2. The fraction of sp³-hybridized carbons (Fsp3) is 0.414. The molecular formula is C29H30FN5O3. The fourth-order valence-corrected chi connectivity index (χ4v) is 6.58. The molecule has 3 aliphatic heterocycles. The van der Waals surface area contributed by atoms with Crippen molar-refractivity contribution >= 4 is 33.4 Å². The number of anilines is 1. The van der Waals surface area contributed by atoms with E-state index in [2.05, 4.69) is 15.0 Å². The maximum absolute atomic E-state index is 13.9. The minimum absolute atomic E-state index is 0.0261. The number of aromatic hydroxyl groups is 1. The first-order valence-electron chi connectivity index (χ1n) is 13.3. The van der Waals surface area contributed by atoms with Crippen molar-refractivity contribution in [1.82, 2.24) is 19.7 Å². The highest BCUT2D eigenvalue weighted by Crippen LogP contribution is 2.39. The van der Waals surface area contributed by atoms with E-state index in [1.165, 1.54) is 6.07 Å². The van der Waals surface area contributed by atoms with Gasteiger partial charge in [-0.15, -0.1) is 0 Å². The van der Waals surface area contributed by atoms with Gasteiger partial charge in [-0.1, -0.05) is 6.07 Å². The van der Waals surface area contributed by atoms with E-state index in [4.69, 9.17) is 4.74 Å². The molecule has 7 rings (SSSR count). The van der Waals surface area contributed by atoms with Crippen LogP contribution >= 0.6 is 0 Å². The Morgan fingerprint density at radius 1 is 1.05 bits per heavy atom. The van der Waals surface area contributed by atoms with Gasteiger partial charge in [0.2, 0.25) is 0 Å². The van der Waals surface area contributed by atoms with E-state index in [1.54, 1.807) is 25.3 Å². The number of likely N-dealkylation sites (tertiary alicyclic amines) is 1. The molecule has 38 heavy (non-hydrogen) atoms. The molecule has 4 aromatic rings. The second-order valence-electron chi connectivity index (χ2n) is 10.9. The van der Waals surface area contributed by atoms with Gasteiger partial charge in [0.05, 0.1) is 40.9 Å². The number of hydrogen-bond donors (Lipinski definition) is 1. The van der Waals surface area contributed by atoms with Crippen molar-refractivity contribution in [3.8, 4) is 5.75 Å². The zero-order valence-electron chi connectivity index (χ0n) is 21.5. The maximum atomic E-state index is 13.9. The summed E-state index contributed by atoms with van der Waals surface area (Å²) in [5.74, 6) is 0.695. The number of amides is 1. The Morgan fingerprint density at radius 3 is 2.61 bits per heavy atom. The van der Waals surface area contributed by atoms with Crippen LogP contribution in [0, 0.1) is 19.7 Å². The molecule has 1 amide bonds. The van der Waals surface area contributed by atoms with E-state index in [0.29, 0.717) is 42.9 Å². The van der Waals surface area contributed by atoms with Gasteiger partial charge in [0.1, 0.15) is 17.4 Å². The van der Waals surface area contributed by atoms with Crippen LogP contribution in [-0.2, 0) is 4.74 Å². The first-order valence-corrected chi connectivity index (χ1v) is 13.3. The number of aryl methyl sites for hydroxylation is 2. The minimum atomic E-state index is -0.303. The van der Waals surface area contributed by atoms with Gasteiger partial charge in [-0.2, -0.15) is 5.10 Å². The standard InChI is InChI=1S/C29H30FN5O3/c1-16-9-18-10-26(36)24-13-31-35(19-5-7-38-8-6-19)28(24)23(18)12-22(16)29(37)34-15-20-11-21(34)14-33(20)27-4-3-25(30)17(2)32-27/h3-4,9-10,12-13,19-21,36H,5-8,11,14-15H2,1-2H3/t20-,21-/m0/s1. The molecule has 5 heterocycles. The second kappa shape index (κ2) is 8.66. The summed E-state index contributed by atoms with van der Waals surface area (Å²) in [5.41, 5.74) is 2.82. The number of piperazine rings is 1. The molecule has 2 atom stereocenters. The van der Waals surface area contributed by atoms with E-state index >= 15 is 0 Å². The van der Waals surface area contributed by atoms with Gasteiger partial charge in [0, 0.05) is 37.3 Å². The topological polar surface area (TPSA) is 83.7 Å². The van der Waals surface area contributed by atoms with E-state index in [-0.39, 0.29) is 35.6 Å². The van der Waals surface area contributed by atoms with E-state index < -0.39 is 0 Å². The van der Waals surface area contributed by atoms with Gasteiger partial charge in [-0.05, 0) is 68.3 Å². The second-order valence-corrected chi connectivity index (χ2v) is 10.9. The molecule has 0 spiro atoms. The lowest BCUT2D eigenvalue weighted by atomic mass is 9.98. The summed E-state index contributed by atoms with van der Waals surface area (Å²) in [6, 6.07) is 9.39. The predicted molar refractivity (Wildman–Crippen MR) is 142 cm³/mol. The molecule has 3 saturated heterocycles. The van der Waals surface area contributed by atoms with Crippen LogP contribution in [0.25, 0.3) is 21.7 Å². The van der Waals surface area contributed by atoms with Crippen LogP contribution in [0.3, 0.4) is 0 Å².